The van der Waals surface area contributed by atoms with Crippen LogP contribution >= 0.6 is 34.7 Å². The lowest BCUT2D eigenvalue weighted by atomic mass is 10.2. The molecule has 0 saturated heterocycles. The Balaban J connectivity index is 1.75. The summed E-state index contributed by atoms with van der Waals surface area (Å²) in [6, 6.07) is 6.82. The first-order chi connectivity index (χ1) is 13.1. The number of aromatic nitrogens is 4. The third-order valence-electron chi connectivity index (χ3n) is 3.90. The van der Waals surface area contributed by atoms with Gasteiger partial charge in [0.05, 0.1) is 22.2 Å². The molecule has 0 unspecified atom stereocenters. The van der Waals surface area contributed by atoms with Crippen LogP contribution in [-0.2, 0) is 12.3 Å². The third-order valence-corrected chi connectivity index (χ3v) is 6.02. The maximum Gasteiger partial charge on any atom is 0.268 e. The number of thiophene rings is 1. The van der Waals surface area contributed by atoms with Crippen molar-refractivity contribution in [1.29, 1.82) is 0 Å². The highest BCUT2D eigenvalue weighted by atomic mass is 35.5. The molecule has 0 fully saturated rings. The minimum absolute atomic E-state index is 0.159. The molecule has 0 aliphatic heterocycles. The van der Waals surface area contributed by atoms with Crippen LogP contribution in [0.2, 0.25) is 5.02 Å². The molecule has 1 N–H and O–H groups in total. The van der Waals surface area contributed by atoms with Gasteiger partial charge in [0.2, 0.25) is 0 Å². The number of benzene rings is 1. The zero-order valence-corrected chi connectivity index (χ0v) is 16.3. The van der Waals surface area contributed by atoms with Crippen molar-refractivity contribution in [1.82, 2.24) is 19.5 Å². The van der Waals surface area contributed by atoms with E-state index in [1.807, 2.05) is 11.4 Å². The topological polar surface area (TPSA) is 80.6 Å². The van der Waals surface area contributed by atoms with Crippen molar-refractivity contribution in [2.75, 3.05) is 0 Å². The predicted octanol–water partition coefficient (Wildman–Crippen LogP) is 3.83. The van der Waals surface area contributed by atoms with Gasteiger partial charge in [0.25, 0.3) is 11.1 Å². The molecule has 4 rings (SSSR count). The lowest BCUT2D eigenvalue weighted by Gasteiger charge is -2.11. The van der Waals surface area contributed by atoms with Crippen LogP contribution in [0.15, 0.2) is 57.0 Å². The molecule has 0 aliphatic carbocycles. The van der Waals surface area contributed by atoms with E-state index < -0.39 is 0 Å². The second-order valence-electron chi connectivity index (χ2n) is 5.70. The van der Waals surface area contributed by atoms with Gasteiger partial charge in [0, 0.05) is 11.6 Å². The summed E-state index contributed by atoms with van der Waals surface area (Å²) in [7, 11) is 0. The second-order valence-corrected chi connectivity index (χ2v) is 7.99. The molecule has 1 aromatic carbocycles. The summed E-state index contributed by atoms with van der Waals surface area (Å²) in [5, 5.41) is 3.36. The van der Waals surface area contributed by atoms with Crippen LogP contribution in [0, 0.1) is 0 Å². The number of hydrogen-bond donors (Lipinski definition) is 1. The van der Waals surface area contributed by atoms with Gasteiger partial charge >= 0.3 is 0 Å². The van der Waals surface area contributed by atoms with Crippen molar-refractivity contribution in [3.05, 3.63) is 73.9 Å². The van der Waals surface area contributed by atoms with Gasteiger partial charge < -0.3 is 4.98 Å². The van der Waals surface area contributed by atoms with Crippen LogP contribution in [0.4, 0.5) is 0 Å². The Morgan fingerprint density at radius 3 is 2.93 bits per heavy atom. The highest BCUT2D eigenvalue weighted by Gasteiger charge is 2.13. The Morgan fingerprint density at radius 2 is 2.11 bits per heavy atom. The SMILES string of the molecule is C=CCn1c(SCc2nc3ccsc3c(=O)[nH]2)nc2cc(Cl)ccc2c1=O. The molecular weight excluding hydrogens is 404 g/mol. The van der Waals surface area contributed by atoms with Gasteiger partial charge in [-0.05, 0) is 29.6 Å². The van der Waals surface area contributed by atoms with E-state index >= 15 is 0 Å². The van der Waals surface area contributed by atoms with Crippen molar-refractivity contribution in [3.63, 3.8) is 0 Å². The number of halogens is 1. The molecule has 0 spiro atoms. The Bertz CT molecular complexity index is 1290. The maximum absolute atomic E-state index is 12.8. The van der Waals surface area contributed by atoms with Crippen LogP contribution < -0.4 is 11.1 Å². The number of fused-ring (bicyclic) bond motifs is 2. The van der Waals surface area contributed by atoms with Crippen LogP contribution in [-0.4, -0.2) is 19.5 Å². The molecular formula is C18H13ClN4O2S2. The van der Waals surface area contributed by atoms with Crippen molar-refractivity contribution < 1.29 is 0 Å². The van der Waals surface area contributed by atoms with Gasteiger partial charge in [0.15, 0.2) is 5.16 Å². The van der Waals surface area contributed by atoms with E-state index in [-0.39, 0.29) is 11.1 Å². The highest BCUT2D eigenvalue weighted by molar-refractivity contribution is 7.98. The van der Waals surface area contributed by atoms with Crippen LogP contribution in [0.25, 0.3) is 21.1 Å². The highest BCUT2D eigenvalue weighted by Crippen LogP contribution is 2.23. The minimum atomic E-state index is -0.160. The Morgan fingerprint density at radius 1 is 1.26 bits per heavy atom. The standard InChI is InChI=1S/C18H13ClN4O2S2/c1-2-6-23-17(25)11-4-3-10(19)8-13(11)21-18(23)27-9-14-20-12-5-7-26-15(12)16(24)22-14/h2-5,7-8H,1,6,9H2,(H,20,22,24). The van der Waals surface area contributed by atoms with Crippen molar-refractivity contribution in [2.24, 2.45) is 0 Å². The molecule has 136 valence electrons. The molecule has 3 aromatic heterocycles. The van der Waals surface area contributed by atoms with Gasteiger partial charge in [-0.2, -0.15) is 0 Å². The third kappa shape index (κ3) is 3.43. The van der Waals surface area contributed by atoms with E-state index in [4.69, 9.17) is 11.6 Å². The Hall–Kier alpha value is -2.42. The first-order valence-electron chi connectivity index (χ1n) is 7.97. The smallest absolute Gasteiger partial charge is 0.268 e. The van der Waals surface area contributed by atoms with Gasteiger partial charge in [-0.3, -0.25) is 14.2 Å². The fourth-order valence-corrected chi connectivity index (χ4v) is 4.47. The molecule has 0 bridgehead atoms. The summed E-state index contributed by atoms with van der Waals surface area (Å²) < 4.78 is 2.15. The number of allylic oxidation sites excluding steroid dienone is 1. The zero-order chi connectivity index (χ0) is 19.0. The lowest BCUT2D eigenvalue weighted by molar-refractivity contribution is 0.671. The van der Waals surface area contributed by atoms with Crippen LogP contribution in [0.3, 0.4) is 0 Å². The fourth-order valence-electron chi connectivity index (χ4n) is 2.70. The molecule has 9 heteroatoms. The van der Waals surface area contributed by atoms with E-state index in [0.29, 0.717) is 49.4 Å². The van der Waals surface area contributed by atoms with E-state index in [9.17, 15) is 9.59 Å². The summed E-state index contributed by atoms with van der Waals surface area (Å²) in [6.07, 6.45) is 1.65. The van der Waals surface area contributed by atoms with Gasteiger partial charge in [-0.25, -0.2) is 9.97 Å². The number of rotatable bonds is 5. The summed E-state index contributed by atoms with van der Waals surface area (Å²) in [6.45, 7) is 4.05. The number of nitrogens with one attached hydrogen (secondary N) is 1. The van der Waals surface area contributed by atoms with Crippen LogP contribution in [0.5, 0.6) is 0 Å². The molecule has 0 amide bonds. The zero-order valence-electron chi connectivity index (χ0n) is 13.9. The summed E-state index contributed by atoms with van der Waals surface area (Å²) in [5.74, 6) is 0.901. The van der Waals surface area contributed by atoms with Gasteiger partial charge in [-0.1, -0.05) is 29.4 Å². The number of aromatic amines is 1. The second kappa shape index (κ2) is 7.30. The first kappa shape index (κ1) is 18.0. The molecule has 4 aromatic rings. The number of H-pyrrole nitrogens is 1. The molecule has 27 heavy (non-hydrogen) atoms. The molecule has 0 saturated carbocycles. The Labute approximate surface area is 166 Å². The lowest BCUT2D eigenvalue weighted by Crippen LogP contribution is -2.23. The number of thioether (sulfide) groups is 1. The van der Waals surface area contributed by atoms with E-state index in [2.05, 4.69) is 21.5 Å². The summed E-state index contributed by atoms with van der Waals surface area (Å²) in [5.41, 5.74) is 0.882. The molecule has 0 atom stereocenters. The van der Waals surface area contributed by atoms with E-state index in [0.717, 1.165) is 0 Å². The van der Waals surface area contributed by atoms with Crippen molar-refractivity contribution >= 4 is 55.8 Å². The fraction of sp³-hybridized carbons (Fsp3) is 0.111. The average Bonchev–Trinajstić information content (AvgIpc) is 3.12. The number of hydrogen-bond acceptors (Lipinski definition) is 6. The van der Waals surface area contributed by atoms with E-state index in [1.165, 1.54) is 23.1 Å². The predicted molar refractivity (Wildman–Crippen MR) is 111 cm³/mol. The molecule has 0 aliphatic rings. The van der Waals surface area contributed by atoms with Crippen molar-refractivity contribution in [2.45, 2.75) is 17.5 Å². The Kier molecular flexibility index (Phi) is 4.86. The summed E-state index contributed by atoms with van der Waals surface area (Å²) >= 11 is 8.72. The molecule has 3 heterocycles. The van der Waals surface area contributed by atoms with E-state index in [1.54, 1.807) is 28.8 Å². The first-order valence-corrected chi connectivity index (χ1v) is 10.2. The number of nitrogens with zero attached hydrogens (tertiary/aromatic N) is 3. The van der Waals surface area contributed by atoms with Gasteiger partial charge in [-0.15, -0.1) is 17.9 Å². The maximum atomic E-state index is 12.8. The van der Waals surface area contributed by atoms with Crippen LogP contribution in [0.1, 0.15) is 5.82 Å². The average molecular weight is 417 g/mol. The van der Waals surface area contributed by atoms with Crippen molar-refractivity contribution in [3.8, 4) is 0 Å². The quantitative estimate of drug-likeness (QED) is 0.304. The molecule has 6 nitrogen and oxygen atoms in total. The van der Waals surface area contributed by atoms with Gasteiger partial charge in [0.1, 0.15) is 10.5 Å². The summed E-state index contributed by atoms with van der Waals surface area (Å²) in [4.78, 5) is 36.7. The minimum Gasteiger partial charge on any atom is -0.309 e. The normalized spacial score (nSPS) is 11.3. The largest absolute Gasteiger partial charge is 0.309 e. The monoisotopic (exact) mass is 416 g/mol. The molecule has 0 radical (unpaired) electrons.